The summed E-state index contributed by atoms with van der Waals surface area (Å²) in [6, 6.07) is 0. The van der Waals surface area contributed by atoms with E-state index in [-0.39, 0.29) is 10.8 Å². The number of carboxylic acids is 1. The lowest BCUT2D eigenvalue weighted by Gasteiger charge is -2.27. The Kier molecular flexibility index (Phi) is 4.28. The maximum Gasteiger partial charge on any atom is 0.347 e. The van der Waals surface area contributed by atoms with Crippen LogP contribution in [0.1, 0.15) is 23.5 Å². The SMILES string of the molecule is COC(=O)C(C)(C)CN(C)c1ncc(C(=O)O)s1. The van der Waals surface area contributed by atoms with E-state index in [1.54, 1.807) is 25.8 Å². The van der Waals surface area contributed by atoms with Crippen LogP contribution in [0.2, 0.25) is 0 Å². The van der Waals surface area contributed by atoms with E-state index in [9.17, 15) is 9.59 Å². The van der Waals surface area contributed by atoms with Crippen molar-refractivity contribution in [1.82, 2.24) is 4.98 Å². The number of methoxy groups -OCH3 is 1. The molecule has 18 heavy (non-hydrogen) atoms. The highest BCUT2D eigenvalue weighted by Crippen LogP contribution is 2.26. The highest BCUT2D eigenvalue weighted by molar-refractivity contribution is 7.17. The summed E-state index contributed by atoms with van der Waals surface area (Å²) in [6.45, 7) is 3.92. The predicted octanol–water partition coefficient (Wildman–Crippen LogP) is 1.48. The van der Waals surface area contributed by atoms with Crippen molar-refractivity contribution < 1.29 is 19.4 Å². The van der Waals surface area contributed by atoms with E-state index in [2.05, 4.69) is 4.98 Å². The smallest absolute Gasteiger partial charge is 0.347 e. The first-order chi connectivity index (χ1) is 8.27. The van der Waals surface area contributed by atoms with Crippen molar-refractivity contribution in [2.45, 2.75) is 13.8 Å². The van der Waals surface area contributed by atoms with Gasteiger partial charge in [0, 0.05) is 13.6 Å². The Bertz CT molecular complexity index is 456. The van der Waals surface area contributed by atoms with Crippen LogP contribution < -0.4 is 4.90 Å². The molecule has 0 amide bonds. The number of hydrogen-bond donors (Lipinski definition) is 1. The van der Waals surface area contributed by atoms with Crippen LogP contribution in [0.4, 0.5) is 5.13 Å². The predicted molar refractivity (Wildman–Crippen MR) is 68.1 cm³/mol. The first-order valence-electron chi connectivity index (χ1n) is 5.26. The number of carboxylic acid groups (broad SMARTS) is 1. The lowest BCUT2D eigenvalue weighted by Crippen LogP contribution is -2.38. The van der Waals surface area contributed by atoms with E-state index in [1.807, 2.05) is 0 Å². The van der Waals surface area contributed by atoms with Gasteiger partial charge in [-0.15, -0.1) is 0 Å². The Hall–Kier alpha value is -1.63. The standard InChI is InChI=1S/C11H16N2O4S/c1-11(2,9(16)17-4)6-13(3)10-12-5-7(18-10)8(14)15/h5H,6H2,1-4H3,(H,14,15). The Morgan fingerprint density at radius 3 is 2.61 bits per heavy atom. The summed E-state index contributed by atoms with van der Waals surface area (Å²) in [6.07, 6.45) is 1.31. The van der Waals surface area contributed by atoms with E-state index < -0.39 is 11.4 Å². The number of anilines is 1. The van der Waals surface area contributed by atoms with Crippen LogP contribution in [0.3, 0.4) is 0 Å². The van der Waals surface area contributed by atoms with Crippen molar-refractivity contribution in [1.29, 1.82) is 0 Å². The molecule has 0 aliphatic rings. The van der Waals surface area contributed by atoms with E-state index >= 15 is 0 Å². The van der Waals surface area contributed by atoms with Gasteiger partial charge in [0.2, 0.25) is 0 Å². The van der Waals surface area contributed by atoms with Gasteiger partial charge >= 0.3 is 11.9 Å². The molecule has 1 aromatic rings. The molecule has 0 aliphatic heterocycles. The molecule has 1 N–H and O–H groups in total. The lowest BCUT2D eigenvalue weighted by atomic mass is 9.93. The molecule has 0 bridgehead atoms. The van der Waals surface area contributed by atoms with Gasteiger partial charge in [-0.05, 0) is 13.8 Å². The van der Waals surface area contributed by atoms with Crippen LogP contribution in [0, 0.1) is 5.41 Å². The van der Waals surface area contributed by atoms with Crippen molar-refractivity contribution in [2.75, 3.05) is 25.6 Å². The fourth-order valence-electron chi connectivity index (χ4n) is 1.54. The maximum absolute atomic E-state index is 11.6. The summed E-state index contributed by atoms with van der Waals surface area (Å²) in [5.74, 6) is -1.32. The second kappa shape index (κ2) is 5.34. The monoisotopic (exact) mass is 272 g/mol. The number of carbonyl (C=O) groups is 2. The van der Waals surface area contributed by atoms with Crippen molar-refractivity contribution in [3.63, 3.8) is 0 Å². The van der Waals surface area contributed by atoms with Gasteiger partial charge in [-0.3, -0.25) is 4.79 Å². The van der Waals surface area contributed by atoms with Gasteiger partial charge in [0.1, 0.15) is 4.88 Å². The second-order valence-corrected chi connectivity index (χ2v) is 5.55. The summed E-state index contributed by atoms with van der Waals surface area (Å²) < 4.78 is 4.72. The van der Waals surface area contributed by atoms with E-state index in [0.717, 1.165) is 11.3 Å². The molecule has 1 rings (SSSR count). The molecule has 0 fully saturated rings. The molecule has 7 heteroatoms. The average molecular weight is 272 g/mol. The molecule has 0 spiro atoms. The number of ether oxygens (including phenoxy) is 1. The summed E-state index contributed by atoms with van der Waals surface area (Å²) in [5, 5.41) is 9.38. The van der Waals surface area contributed by atoms with Crippen LogP contribution in [0.5, 0.6) is 0 Å². The van der Waals surface area contributed by atoms with Crippen LogP contribution in [0.25, 0.3) is 0 Å². The Labute approximate surface area is 109 Å². The summed E-state index contributed by atoms with van der Waals surface area (Å²) >= 11 is 1.07. The zero-order chi connectivity index (χ0) is 13.9. The Morgan fingerprint density at radius 2 is 2.17 bits per heavy atom. The molecular formula is C11H16N2O4S. The third kappa shape index (κ3) is 3.19. The largest absolute Gasteiger partial charge is 0.477 e. The molecule has 0 unspecified atom stereocenters. The summed E-state index contributed by atoms with van der Waals surface area (Å²) in [7, 11) is 3.10. The zero-order valence-electron chi connectivity index (χ0n) is 10.8. The number of hydrogen-bond acceptors (Lipinski definition) is 6. The molecule has 0 radical (unpaired) electrons. The Morgan fingerprint density at radius 1 is 1.56 bits per heavy atom. The molecular weight excluding hydrogens is 256 g/mol. The summed E-state index contributed by atoms with van der Waals surface area (Å²) in [5.41, 5.74) is -0.682. The number of esters is 1. The number of aromatic nitrogens is 1. The number of thiazole rings is 1. The van der Waals surface area contributed by atoms with Crippen molar-refractivity contribution in [3.05, 3.63) is 11.1 Å². The number of nitrogens with zero attached hydrogens (tertiary/aromatic N) is 2. The highest BCUT2D eigenvalue weighted by Gasteiger charge is 2.31. The van der Waals surface area contributed by atoms with Crippen molar-refractivity contribution in [2.24, 2.45) is 5.41 Å². The molecule has 0 aromatic carbocycles. The summed E-state index contributed by atoms with van der Waals surface area (Å²) in [4.78, 5) is 28.2. The van der Waals surface area contributed by atoms with Crippen LogP contribution in [-0.4, -0.2) is 42.7 Å². The van der Waals surface area contributed by atoms with Gasteiger partial charge in [0.15, 0.2) is 5.13 Å². The lowest BCUT2D eigenvalue weighted by molar-refractivity contribution is -0.150. The molecule has 1 heterocycles. The molecule has 1 aromatic heterocycles. The van der Waals surface area contributed by atoms with Crippen LogP contribution >= 0.6 is 11.3 Å². The normalized spacial score (nSPS) is 11.1. The second-order valence-electron chi connectivity index (χ2n) is 4.54. The number of rotatable bonds is 5. The molecule has 0 saturated carbocycles. The van der Waals surface area contributed by atoms with Crippen LogP contribution in [-0.2, 0) is 9.53 Å². The van der Waals surface area contributed by atoms with E-state index in [1.165, 1.54) is 13.3 Å². The van der Waals surface area contributed by atoms with Gasteiger partial charge < -0.3 is 14.7 Å². The maximum atomic E-state index is 11.6. The van der Waals surface area contributed by atoms with E-state index in [0.29, 0.717) is 11.7 Å². The van der Waals surface area contributed by atoms with E-state index in [4.69, 9.17) is 9.84 Å². The topological polar surface area (TPSA) is 79.7 Å². The van der Waals surface area contributed by atoms with Gasteiger partial charge in [-0.1, -0.05) is 11.3 Å². The first-order valence-corrected chi connectivity index (χ1v) is 6.08. The number of aromatic carboxylic acids is 1. The van der Waals surface area contributed by atoms with Gasteiger partial charge in [0.25, 0.3) is 0 Å². The average Bonchev–Trinajstić information content (AvgIpc) is 2.76. The molecule has 0 atom stereocenters. The van der Waals surface area contributed by atoms with Crippen molar-refractivity contribution >= 4 is 28.4 Å². The van der Waals surface area contributed by atoms with Gasteiger partial charge in [-0.2, -0.15) is 0 Å². The fraction of sp³-hybridized carbons (Fsp3) is 0.545. The molecule has 0 aliphatic carbocycles. The molecule has 100 valence electrons. The Balaban J connectivity index is 2.78. The minimum absolute atomic E-state index is 0.174. The highest BCUT2D eigenvalue weighted by atomic mass is 32.1. The zero-order valence-corrected chi connectivity index (χ0v) is 11.6. The number of carbonyl (C=O) groups excluding carboxylic acids is 1. The minimum atomic E-state index is -1.00. The molecule has 6 nitrogen and oxygen atoms in total. The third-order valence-electron chi connectivity index (χ3n) is 2.40. The van der Waals surface area contributed by atoms with Crippen LogP contribution in [0.15, 0.2) is 6.20 Å². The third-order valence-corrected chi connectivity index (χ3v) is 3.50. The fourth-order valence-corrected chi connectivity index (χ4v) is 2.26. The molecule has 0 saturated heterocycles. The van der Waals surface area contributed by atoms with Crippen molar-refractivity contribution in [3.8, 4) is 0 Å². The quantitative estimate of drug-likeness (QED) is 0.818. The van der Waals surface area contributed by atoms with Gasteiger partial charge in [0.05, 0.1) is 18.7 Å². The minimum Gasteiger partial charge on any atom is -0.477 e. The van der Waals surface area contributed by atoms with Gasteiger partial charge in [-0.25, -0.2) is 9.78 Å². The first kappa shape index (κ1) is 14.4.